The second-order valence-corrected chi connectivity index (χ2v) is 5.58. The molecule has 2 nitrogen and oxygen atoms in total. The van der Waals surface area contributed by atoms with Gasteiger partial charge in [0.1, 0.15) is 0 Å². The van der Waals surface area contributed by atoms with Gasteiger partial charge < -0.3 is 5.73 Å². The first kappa shape index (κ1) is 12.6. The molecule has 0 radical (unpaired) electrons. The third kappa shape index (κ3) is 3.83. The van der Waals surface area contributed by atoms with Crippen LogP contribution in [0.1, 0.15) is 37.8 Å². The maximum Gasteiger partial charge on any atom is 0.0236 e. The Morgan fingerprint density at radius 2 is 2.00 bits per heavy atom. The Hall–Kier alpha value is -0.860. The van der Waals surface area contributed by atoms with Crippen molar-refractivity contribution >= 4 is 0 Å². The number of hydrogen-bond donors (Lipinski definition) is 1. The molecule has 1 aliphatic rings. The Kier molecular flexibility index (Phi) is 4.19. The van der Waals surface area contributed by atoms with E-state index >= 15 is 0 Å². The Labute approximate surface area is 105 Å². The Bertz CT molecular complexity index is 356. The van der Waals surface area contributed by atoms with Gasteiger partial charge in [0.25, 0.3) is 0 Å². The minimum absolute atomic E-state index is 0.640. The first-order chi connectivity index (χ1) is 8.19. The molecule has 94 valence electrons. The van der Waals surface area contributed by atoms with Crippen molar-refractivity contribution < 1.29 is 0 Å². The van der Waals surface area contributed by atoms with Crippen molar-refractivity contribution in [2.24, 2.45) is 11.7 Å². The SMILES string of the molecule is CC(C)CN(Cc1cccc(CN)c1)C1CC1. The number of nitrogens with two attached hydrogens (primary N) is 1. The first-order valence-corrected chi connectivity index (χ1v) is 6.71. The van der Waals surface area contributed by atoms with Crippen LogP contribution in [-0.4, -0.2) is 17.5 Å². The summed E-state index contributed by atoms with van der Waals surface area (Å²) in [5.74, 6) is 0.744. The van der Waals surface area contributed by atoms with Crippen molar-refractivity contribution in [3.05, 3.63) is 35.4 Å². The predicted octanol–water partition coefficient (Wildman–Crippen LogP) is 2.77. The molecule has 1 aromatic carbocycles. The number of rotatable bonds is 6. The third-order valence-corrected chi connectivity index (χ3v) is 3.28. The zero-order valence-electron chi connectivity index (χ0n) is 11.0. The molecule has 0 bridgehead atoms. The Morgan fingerprint density at radius 3 is 2.59 bits per heavy atom. The van der Waals surface area contributed by atoms with E-state index in [1.807, 2.05) is 0 Å². The molecule has 2 N–H and O–H groups in total. The summed E-state index contributed by atoms with van der Waals surface area (Å²) in [6.45, 7) is 7.52. The maximum absolute atomic E-state index is 5.69. The second-order valence-electron chi connectivity index (χ2n) is 5.58. The molecule has 0 spiro atoms. The van der Waals surface area contributed by atoms with Gasteiger partial charge in [-0.2, -0.15) is 0 Å². The molecule has 0 unspecified atom stereocenters. The molecule has 1 aliphatic carbocycles. The van der Waals surface area contributed by atoms with Gasteiger partial charge in [-0.3, -0.25) is 4.90 Å². The molecule has 0 heterocycles. The summed E-state index contributed by atoms with van der Waals surface area (Å²) in [6.07, 6.45) is 2.76. The molecule has 2 rings (SSSR count). The second kappa shape index (κ2) is 5.65. The van der Waals surface area contributed by atoms with Gasteiger partial charge in [-0.1, -0.05) is 38.1 Å². The lowest BCUT2D eigenvalue weighted by Gasteiger charge is -2.24. The van der Waals surface area contributed by atoms with Crippen molar-refractivity contribution in [1.82, 2.24) is 4.90 Å². The normalized spacial score (nSPS) is 15.8. The summed E-state index contributed by atoms with van der Waals surface area (Å²) in [4.78, 5) is 2.63. The van der Waals surface area contributed by atoms with Crippen LogP contribution in [0.25, 0.3) is 0 Å². The zero-order chi connectivity index (χ0) is 12.3. The summed E-state index contributed by atoms with van der Waals surface area (Å²) in [5, 5.41) is 0. The van der Waals surface area contributed by atoms with E-state index in [1.165, 1.54) is 30.5 Å². The molecular weight excluding hydrogens is 208 g/mol. The molecule has 0 aliphatic heterocycles. The van der Waals surface area contributed by atoms with E-state index in [-0.39, 0.29) is 0 Å². The van der Waals surface area contributed by atoms with Crippen LogP contribution in [0, 0.1) is 5.92 Å². The topological polar surface area (TPSA) is 29.3 Å². The van der Waals surface area contributed by atoms with E-state index in [1.54, 1.807) is 0 Å². The minimum atomic E-state index is 0.640. The summed E-state index contributed by atoms with van der Waals surface area (Å²) in [6, 6.07) is 9.52. The maximum atomic E-state index is 5.69. The van der Waals surface area contributed by atoms with Crippen molar-refractivity contribution in [2.45, 2.75) is 45.8 Å². The van der Waals surface area contributed by atoms with Gasteiger partial charge in [0.2, 0.25) is 0 Å². The van der Waals surface area contributed by atoms with Crippen molar-refractivity contribution in [1.29, 1.82) is 0 Å². The minimum Gasteiger partial charge on any atom is -0.326 e. The standard InChI is InChI=1S/C15H24N2/c1-12(2)10-17(15-6-7-15)11-14-5-3-4-13(8-14)9-16/h3-5,8,12,15H,6-7,9-11,16H2,1-2H3. The summed E-state index contributed by atoms with van der Waals surface area (Å²) < 4.78 is 0. The van der Waals surface area contributed by atoms with E-state index in [0.717, 1.165) is 18.5 Å². The molecule has 0 aromatic heterocycles. The van der Waals surface area contributed by atoms with Crippen molar-refractivity contribution in [3.63, 3.8) is 0 Å². The largest absolute Gasteiger partial charge is 0.326 e. The van der Waals surface area contributed by atoms with E-state index in [4.69, 9.17) is 5.73 Å². The van der Waals surface area contributed by atoms with Crippen molar-refractivity contribution in [3.8, 4) is 0 Å². The third-order valence-electron chi connectivity index (χ3n) is 3.28. The quantitative estimate of drug-likeness (QED) is 0.817. The van der Waals surface area contributed by atoms with Crippen LogP contribution < -0.4 is 5.73 Å². The molecule has 1 fully saturated rings. The lowest BCUT2D eigenvalue weighted by atomic mass is 10.1. The van der Waals surface area contributed by atoms with E-state index < -0.39 is 0 Å². The van der Waals surface area contributed by atoms with Gasteiger partial charge in [0.15, 0.2) is 0 Å². The molecule has 1 aromatic rings. The fraction of sp³-hybridized carbons (Fsp3) is 0.600. The van der Waals surface area contributed by atoms with Crippen molar-refractivity contribution in [2.75, 3.05) is 6.54 Å². The number of hydrogen-bond acceptors (Lipinski definition) is 2. The van der Waals surface area contributed by atoms with Crippen LogP contribution in [0.4, 0.5) is 0 Å². The molecule has 2 heteroatoms. The monoisotopic (exact) mass is 232 g/mol. The molecule has 0 amide bonds. The zero-order valence-corrected chi connectivity index (χ0v) is 11.0. The van der Waals surface area contributed by atoms with Gasteiger partial charge in [-0.25, -0.2) is 0 Å². The number of nitrogens with zero attached hydrogens (tertiary/aromatic N) is 1. The fourth-order valence-corrected chi connectivity index (χ4v) is 2.34. The highest BCUT2D eigenvalue weighted by Gasteiger charge is 2.29. The fourth-order valence-electron chi connectivity index (χ4n) is 2.34. The first-order valence-electron chi connectivity index (χ1n) is 6.71. The average molecular weight is 232 g/mol. The van der Waals surface area contributed by atoms with Gasteiger partial charge in [0, 0.05) is 25.7 Å². The average Bonchev–Trinajstić information content (AvgIpc) is 3.12. The predicted molar refractivity (Wildman–Crippen MR) is 72.6 cm³/mol. The van der Waals surface area contributed by atoms with Crippen LogP contribution in [0.3, 0.4) is 0 Å². The Morgan fingerprint density at radius 1 is 1.29 bits per heavy atom. The van der Waals surface area contributed by atoms with Crippen LogP contribution in [-0.2, 0) is 13.1 Å². The summed E-state index contributed by atoms with van der Waals surface area (Å²) in [5.41, 5.74) is 8.33. The lowest BCUT2D eigenvalue weighted by Crippen LogP contribution is -2.29. The van der Waals surface area contributed by atoms with Crippen LogP contribution in [0.5, 0.6) is 0 Å². The highest BCUT2D eigenvalue weighted by molar-refractivity contribution is 5.23. The summed E-state index contributed by atoms with van der Waals surface area (Å²) in [7, 11) is 0. The van der Waals surface area contributed by atoms with E-state index in [9.17, 15) is 0 Å². The molecule has 0 atom stereocenters. The molecule has 1 saturated carbocycles. The highest BCUT2D eigenvalue weighted by atomic mass is 15.2. The van der Waals surface area contributed by atoms with Crippen LogP contribution in [0.2, 0.25) is 0 Å². The van der Waals surface area contributed by atoms with Gasteiger partial charge >= 0.3 is 0 Å². The molecule has 0 saturated heterocycles. The van der Waals surface area contributed by atoms with Gasteiger partial charge in [-0.15, -0.1) is 0 Å². The molecular formula is C15H24N2. The number of benzene rings is 1. The van der Waals surface area contributed by atoms with Crippen LogP contribution >= 0.6 is 0 Å². The Balaban J connectivity index is 2.00. The van der Waals surface area contributed by atoms with Crippen LogP contribution in [0.15, 0.2) is 24.3 Å². The smallest absolute Gasteiger partial charge is 0.0236 e. The highest BCUT2D eigenvalue weighted by Crippen LogP contribution is 2.29. The summed E-state index contributed by atoms with van der Waals surface area (Å²) >= 11 is 0. The molecule has 17 heavy (non-hydrogen) atoms. The van der Waals surface area contributed by atoms with Gasteiger partial charge in [0.05, 0.1) is 0 Å². The van der Waals surface area contributed by atoms with E-state index in [0.29, 0.717) is 6.54 Å². The lowest BCUT2D eigenvalue weighted by molar-refractivity contribution is 0.226. The van der Waals surface area contributed by atoms with Gasteiger partial charge in [-0.05, 0) is 29.9 Å². The van der Waals surface area contributed by atoms with E-state index in [2.05, 4.69) is 43.0 Å².